The summed E-state index contributed by atoms with van der Waals surface area (Å²) in [6.45, 7) is 4.59. The fourth-order valence-electron chi connectivity index (χ4n) is 8.15. The number of carboxylic acids is 1. The van der Waals surface area contributed by atoms with Crippen molar-refractivity contribution < 1.29 is 9.90 Å². The fraction of sp³-hybridized carbons (Fsp3) is 0.774. The van der Waals surface area contributed by atoms with Gasteiger partial charge in [0.15, 0.2) is 0 Å². The van der Waals surface area contributed by atoms with Crippen molar-refractivity contribution in [3.05, 3.63) is 35.4 Å². The molecule has 0 heterocycles. The van der Waals surface area contributed by atoms with Gasteiger partial charge in [0.25, 0.3) is 0 Å². The zero-order valence-corrected chi connectivity index (χ0v) is 21.4. The summed E-state index contributed by atoms with van der Waals surface area (Å²) in [4.78, 5) is 13.0. The molecule has 2 unspecified atom stereocenters. The molecule has 2 nitrogen and oxygen atoms in total. The summed E-state index contributed by atoms with van der Waals surface area (Å²) in [6, 6.07) is 9.37. The molecule has 0 spiro atoms. The highest BCUT2D eigenvalue weighted by Gasteiger charge is 2.53. The minimum atomic E-state index is -0.546. The van der Waals surface area contributed by atoms with Crippen LogP contribution in [0.5, 0.6) is 0 Å². The van der Waals surface area contributed by atoms with Crippen LogP contribution < -0.4 is 0 Å². The van der Waals surface area contributed by atoms with Crippen LogP contribution in [-0.2, 0) is 4.79 Å². The van der Waals surface area contributed by atoms with Gasteiger partial charge in [-0.1, -0.05) is 89.5 Å². The van der Waals surface area contributed by atoms with Crippen molar-refractivity contribution in [1.82, 2.24) is 0 Å². The molecule has 4 rings (SSSR count). The van der Waals surface area contributed by atoms with E-state index in [2.05, 4.69) is 38.1 Å². The molecule has 1 aromatic carbocycles. The smallest absolute Gasteiger partial charge is 0.310 e. The van der Waals surface area contributed by atoms with Crippen LogP contribution in [0.1, 0.15) is 140 Å². The summed E-state index contributed by atoms with van der Waals surface area (Å²) in [7, 11) is 0. The largest absolute Gasteiger partial charge is 0.481 e. The Balaban J connectivity index is 1.49. The lowest BCUT2D eigenvalue weighted by Crippen LogP contribution is -2.47. The van der Waals surface area contributed by atoms with Gasteiger partial charge in [0, 0.05) is 5.92 Å². The maximum absolute atomic E-state index is 13.0. The number of hydrogen-bond donors (Lipinski definition) is 1. The van der Waals surface area contributed by atoms with Crippen LogP contribution in [0.25, 0.3) is 0 Å². The summed E-state index contributed by atoms with van der Waals surface area (Å²) in [5, 5.41) is 10.7. The highest BCUT2D eigenvalue weighted by molar-refractivity contribution is 5.77. The fourth-order valence-corrected chi connectivity index (χ4v) is 8.15. The standard InChI is InChI=1S/C31H48O2/c1-3-7-23-10-14-25(15-11-23)26-16-18-27(19-17-26)29-9-5-6-22-31(29,30(32)33)28-20-12-24(8-4-2)13-21-28/h16-19,23-25,28-29H,3-15,20-22H2,1-2H3,(H,32,33). The molecule has 0 saturated heterocycles. The van der Waals surface area contributed by atoms with E-state index < -0.39 is 11.4 Å². The Morgan fingerprint density at radius 2 is 1.33 bits per heavy atom. The van der Waals surface area contributed by atoms with Gasteiger partial charge in [-0.25, -0.2) is 0 Å². The van der Waals surface area contributed by atoms with Crippen molar-refractivity contribution in [2.45, 2.75) is 128 Å². The van der Waals surface area contributed by atoms with Crippen molar-refractivity contribution in [3.63, 3.8) is 0 Å². The summed E-state index contributed by atoms with van der Waals surface area (Å²) in [5.41, 5.74) is 2.25. The predicted octanol–water partition coefficient (Wildman–Crippen LogP) is 9.10. The molecule has 0 amide bonds. The van der Waals surface area contributed by atoms with E-state index in [0.717, 1.165) is 43.9 Å². The zero-order valence-electron chi connectivity index (χ0n) is 21.4. The highest BCUT2D eigenvalue weighted by Crippen LogP contribution is 2.56. The van der Waals surface area contributed by atoms with Crippen molar-refractivity contribution >= 4 is 5.97 Å². The van der Waals surface area contributed by atoms with E-state index >= 15 is 0 Å². The minimum absolute atomic E-state index is 0.186. The molecule has 0 aliphatic heterocycles. The number of carboxylic acid groups (broad SMARTS) is 1. The van der Waals surface area contributed by atoms with E-state index in [1.807, 2.05) is 0 Å². The van der Waals surface area contributed by atoms with Crippen LogP contribution in [0, 0.1) is 23.2 Å². The Morgan fingerprint density at radius 1 is 0.788 bits per heavy atom. The number of carbonyl (C=O) groups is 1. The van der Waals surface area contributed by atoms with E-state index in [0.29, 0.717) is 11.8 Å². The average molecular weight is 453 g/mol. The van der Waals surface area contributed by atoms with Crippen molar-refractivity contribution in [3.8, 4) is 0 Å². The first kappa shape index (κ1) is 24.8. The van der Waals surface area contributed by atoms with Gasteiger partial charge < -0.3 is 5.11 Å². The Labute approximate surface area is 202 Å². The molecule has 2 atom stereocenters. The molecule has 33 heavy (non-hydrogen) atoms. The number of benzene rings is 1. The molecular formula is C31H48O2. The van der Waals surface area contributed by atoms with Gasteiger partial charge in [0.05, 0.1) is 5.41 Å². The molecule has 3 saturated carbocycles. The van der Waals surface area contributed by atoms with Crippen LogP contribution in [0.3, 0.4) is 0 Å². The summed E-state index contributed by atoms with van der Waals surface area (Å²) >= 11 is 0. The molecule has 3 aliphatic rings. The maximum Gasteiger partial charge on any atom is 0.310 e. The van der Waals surface area contributed by atoms with Gasteiger partial charge in [0.1, 0.15) is 0 Å². The van der Waals surface area contributed by atoms with E-state index in [1.165, 1.54) is 81.8 Å². The monoisotopic (exact) mass is 452 g/mol. The Kier molecular flexibility index (Phi) is 8.58. The van der Waals surface area contributed by atoms with Crippen molar-refractivity contribution in [2.75, 3.05) is 0 Å². The minimum Gasteiger partial charge on any atom is -0.481 e. The van der Waals surface area contributed by atoms with Gasteiger partial charge in [-0.05, 0) is 86.2 Å². The average Bonchev–Trinajstić information content (AvgIpc) is 2.85. The van der Waals surface area contributed by atoms with E-state index in [1.54, 1.807) is 0 Å². The molecule has 1 aromatic rings. The number of rotatable bonds is 8. The lowest BCUT2D eigenvalue weighted by Gasteiger charge is -2.48. The molecular weight excluding hydrogens is 404 g/mol. The second kappa shape index (κ2) is 11.4. The first-order chi connectivity index (χ1) is 16.1. The number of hydrogen-bond acceptors (Lipinski definition) is 1. The van der Waals surface area contributed by atoms with Crippen molar-refractivity contribution in [2.24, 2.45) is 23.2 Å². The molecule has 0 radical (unpaired) electrons. The van der Waals surface area contributed by atoms with E-state index in [4.69, 9.17) is 0 Å². The Bertz CT molecular complexity index is 737. The highest BCUT2D eigenvalue weighted by atomic mass is 16.4. The lowest BCUT2D eigenvalue weighted by atomic mass is 9.54. The second-order valence-electron chi connectivity index (χ2n) is 11.8. The summed E-state index contributed by atoms with van der Waals surface area (Å²) in [5.74, 6) is 2.50. The van der Waals surface area contributed by atoms with Gasteiger partial charge in [-0.3, -0.25) is 4.79 Å². The molecule has 3 aliphatic carbocycles. The third-order valence-electron chi connectivity index (χ3n) is 9.98. The zero-order chi connectivity index (χ0) is 23.3. The summed E-state index contributed by atoms with van der Waals surface area (Å²) in [6.07, 6.45) is 19.6. The molecule has 0 bridgehead atoms. The van der Waals surface area contributed by atoms with Crippen LogP contribution in [0.2, 0.25) is 0 Å². The number of aliphatic carboxylic acids is 1. The SMILES string of the molecule is CCCC1CCC(c2ccc(C3CCCCC3(C(=O)O)C3CCC(CCC)CC3)cc2)CC1. The van der Waals surface area contributed by atoms with Gasteiger partial charge in [0.2, 0.25) is 0 Å². The second-order valence-corrected chi connectivity index (χ2v) is 11.8. The Morgan fingerprint density at radius 3 is 1.88 bits per heavy atom. The summed E-state index contributed by atoms with van der Waals surface area (Å²) < 4.78 is 0. The van der Waals surface area contributed by atoms with Gasteiger partial charge in [-0.15, -0.1) is 0 Å². The van der Waals surface area contributed by atoms with Crippen molar-refractivity contribution in [1.29, 1.82) is 0 Å². The molecule has 2 heteroatoms. The van der Waals surface area contributed by atoms with Crippen LogP contribution >= 0.6 is 0 Å². The van der Waals surface area contributed by atoms with Gasteiger partial charge in [-0.2, -0.15) is 0 Å². The maximum atomic E-state index is 13.0. The Hall–Kier alpha value is -1.31. The predicted molar refractivity (Wildman–Crippen MR) is 138 cm³/mol. The quantitative estimate of drug-likeness (QED) is 0.427. The molecule has 3 fully saturated rings. The third kappa shape index (κ3) is 5.35. The van der Waals surface area contributed by atoms with Crippen LogP contribution in [-0.4, -0.2) is 11.1 Å². The normalized spacial score (nSPS) is 35.3. The van der Waals surface area contributed by atoms with Gasteiger partial charge >= 0.3 is 5.97 Å². The first-order valence-corrected chi connectivity index (χ1v) is 14.4. The molecule has 184 valence electrons. The first-order valence-electron chi connectivity index (χ1n) is 14.4. The van der Waals surface area contributed by atoms with E-state index in [-0.39, 0.29) is 5.92 Å². The molecule has 0 aromatic heterocycles. The molecule has 1 N–H and O–H groups in total. The van der Waals surface area contributed by atoms with Crippen LogP contribution in [0.4, 0.5) is 0 Å². The van der Waals surface area contributed by atoms with Crippen LogP contribution in [0.15, 0.2) is 24.3 Å². The lowest BCUT2D eigenvalue weighted by molar-refractivity contribution is -0.159. The topological polar surface area (TPSA) is 37.3 Å². The van der Waals surface area contributed by atoms with E-state index in [9.17, 15) is 9.90 Å². The third-order valence-corrected chi connectivity index (χ3v) is 9.98.